The maximum Gasteiger partial charge on any atom is 0.234 e. The van der Waals surface area contributed by atoms with Gasteiger partial charge in [-0.1, -0.05) is 6.07 Å². The van der Waals surface area contributed by atoms with E-state index < -0.39 is 0 Å². The lowest BCUT2D eigenvalue weighted by Gasteiger charge is -2.19. The van der Waals surface area contributed by atoms with Gasteiger partial charge in [-0.15, -0.1) is 0 Å². The summed E-state index contributed by atoms with van der Waals surface area (Å²) in [5.41, 5.74) is 2.92. The number of carbonyl (C=O) groups excluding carboxylic acids is 1. The molecule has 8 nitrogen and oxygen atoms in total. The van der Waals surface area contributed by atoms with E-state index in [1.165, 1.54) is 0 Å². The summed E-state index contributed by atoms with van der Waals surface area (Å²) in [5, 5.41) is 3.14. The molecule has 4 rings (SSSR count). The quantitative estimate of drug-likeness (QED) is 0.637. The van der Waals surface area contributed by atoms with E-state index in [0.29, 0.717) is 25.6 Å². The van der Waals surface area contributed by atoms with E-state index in [4.69, 9.17) is 0 Å². The molecule has 0 bridgehead atoms. The first-order valence-corrected chi connectivity index (χ1v) is 9.76. The average molecular weight is 391 g/mol. The molecule has 150 valence electrons. The summed E-state index contributed by atoms with van der Waals surface area (Å²) in [5.74, 6) is 0.729. The van der Waals surface area contributed by atoms with Crippen molar-refractivity contribution in [3.05, 3.63) is 60.7 Å². The van der Waals surface area contributed by atoms with Crippen molar-refractivity contribution >= 4 is 11.9 Å². The number of amides is 1. The number of pyridine rings is 1. The Hall–Kier alpha value is -3.26. The second kappa shape index (κ2) is 8.83. The lowest BCUT2D eigenvalue weighted by atomic mass is 10.2. The van der Waals surface area contributed by atoms with E-state index in [9.17, 15) is 4.79 Å². The number of nitrogens with one attached hydrogen (secondary N) is 2. The van der Waals surface area contributed by atoms with Crippen molar-refractivity contribution < 1.29 is 4.79 Å². The molecule has 1 saturated heterocycles. The summed E-state index contributed by atoms with van der Waals surface area (Å²) in [6.07, 6.45) is 8.11. The fourth-order valence-corrected chi connectivity index (χ4v) is 3.58. The van der Waals surface area contributed by atoms with Gasteiger partial charge in [-0.2, -0.15) is 0 Å². The lowest BCUT2D eigenvalue weighted by molar-refractivity contribution is -0.122. The number of aromatic nitrogens is 4. The molecular weight excluding hydrogens is 366 g/mol. The number of rotatable bonds is 7. The number of hydrogen-bond donors (Lipinski definition) is 2. The zero-order valence-electron chi connectivity index (χ0n) is 16.5. The summed E-state index contributed by atoms with van der Waals surface area (Å²) in [6.45, 7) is 2.58. The van der Waals surface area contributed by atoms with Crippen molar-refractivity contribution in [3.63, 3.8) is 0 Å². The molecule has 0 spiro atoms. The maximum atomic E-state index is 12.4. The molecule has 1 unspecified atom stereocenters. The third-order valence-electron chi connectivity index (χ3n) is 4.94. The Morgan fingerprint density at radius 3 is 3.03 bits per heavy atom. The van der Waals surface area contributed by atoms with Gasteiger partial charge in [0.05, 0.1) is 17.9 Å². The van der Waals surface area contributed by atoms with Gasteiger partial charge in [0, 0.05) is 50.5 Å². The van der Waals surface area contributed by atoms with E-state index in [-0.39, 0.29) is 11.9 Å². The molecule has 2 N–H and O–H groups in total. The first kappa shape index (κ1) is 19.1. The van der Waals surface area contributed by atoms with Crippen LogP contribution >= 0.6 is 0 Å². The third-order valence-corrected chi connectivity index (χ3v) is 4.94. The van der Waals surface area contributed by atoms with Gasteiger partial charge in [0.15, 0.2) is 0 Å². The van der Waals surface area contributed by atoms with Crippen molar-refractivity contribution in [2.45, 2.75) is 19.0 Å². The van der Waals surface area contributed by atoms with Gasteiger partial charge in [0.2, 0.25) is 11.9 Å². The Morgan fingerprint density at radius 2 is 2.24 bits per heavy atom. The van der Waals surface area contributed by atoms with Crippen LogP contribution in [0, 0.1) is 0 Å². The normalized spacial score (nSPS) is 16.3. The van der Waals surface area contributed by atoms with Crippen LogP contribution in [0.2, 0.25) is 0 Å². The van der Waals surface area contributed by atoms with Gasteiger partial charge in [-0.3, -0.25) is 14.7 Å². The molecule has 1 atom stereocenters. The van der Waals surface area contributed by atoms with Crippen LogP contribution in [0.15, 0.2) is 55.1 Å². The van der Waals surface area contributed by atoms with Gasteiger partial charge >= 0.3 is 0 Å². The fraction of sp³-hybridized carbons (Fsp3) is 0.333. The molecule has 3 aromatic rings. The minimum absolute atomic E-state index is 0.0318. The second-order valence-corrected chi connectivity index (χ2v) is 7.36. The summed E-state index contributed by atoms with van der Waals surface area (Å²) in [6, 6.07) is 9.85. The number of aromatic amines is 1. The Kier molecular flexibility index (Phi) is 5.81. The number of likely N-dealkylation sites (N-methyl/N-ethyl adjacent to an activating group) is 1. The standard InChI is InChI=1S/C21H25N7O/c1-27(13-16-4-2-8-22-12-16)15-20(29)25-17-7-11-28(14-17)21-24-10-6-19(26-21)18-5-3-9-23-18/h2-6,8-10,12,17,23H,7,11,13-15H2,1H3,(H,25,29). The van der Waals surface area contributed by atoms with Gasteiger partial charge in [0.25, 0.3) is 0 Å². The largest absolute Gasteiger partial charge is 0.360 e. The highest BCUT2D eigenvalue weighted by atomic mass is 16.2. The van der Waals surface area contributed by atoms with Gasteiger partial charge in [0.1, 0.15) is 0 Å². The van der Waals surface area contributed by atoms with Crippen molar-refractivity contribution in [1.82, 2.24) is 30.2 Å². The van der Waals surface area contributed by atoms with Crippen LogP contribution in [0.1, 0.15) is 12.0 Å². The first-order valence-electron chi connectivity index (χ1n) is 9.76. The zero-order valence-corrected chi connectivity index (χ0v) is 16.5. The van der Waals surface area contributed by atoms with Gasteiger partial charge < -0.3 is 15.2 Å². The molecule has 3 aromatic heterocycles. The monoisotopic (exact) mass is 391 g/mol. The maximum absolute atomic E-state index is 12.4. The predicted octanol–water partition coefficient (Wildman–Crippen LogP) is 1.69. The molecular formula is C21H25N7O. The van der Waals surface area contributed by atoms with Crippen LogP contribution < -0.4 is 10.2 Å². The van der Waals surface area contributed by atoms with Crippen LogP contribution in [-0.2, 0) is 11.3 Å². The van der Waals surface area contributed by atoms with Crippen molar-refractivity contribution in [1.29, 1.82) is 0 Å². The fourth-order valence-electron chi connectivity index (χ4n) is 3.58. The Labute approximate surface area is 170 Å². The van der Waals surface area contributed by atoms with E-state index in [1.54, 1.807) is 12.4 Å². The number of carbonyl (C=O) groups is 1. The summed E-state index contributed by atoms with van der Waals surface area (Å²) < 4.78 is 0. The van der Waals surface area contributed by atoms with Crippen molar-refractivity contribution in [2.24, 2.45) is 0 Å². The minimum atomic E-state index is 0.0318. The molecule has 1 amide bonds. The third kappa shape index (κ3) is 4.97. The average Bonchev–Trinajstić information content (AvgIpc) is 3.41. The first-order chi connectivity index (χ1) is 14.2. The van der Waals surface area contributed by atoms with E-state index in [1.807, 2.05) is 54.7 Å². The molecule has 29 heavy (non-hydrogen) atoms. The van der Waals surface area contributed by atoms with Crippen LogP contribution in [0.3, 0.4) is 0 Å². The SMILES string of the molecule is CN(CC(=O)NC1CCN(c2nccc(-c3ccc[nH]3)n2)C1)Cc1cccnc1. The Balaban J connectivity index is 1.29. The molecule has 1 aliphatic rings. The molecule has 8 heteroatoms. The summed E-state index contributed by atoms with van der Waals surface area (Å²) in [7, 11) is 1.94. The van der Waals surface area contributed by atoms with E-state index in [0.717, 1.165) is 29.9 Å². The van der Waals surface area contributed by atoms with E-state index in [2.05, 4.69) is 30.2 Å². The molecule has 4 heterocycles. The number of hydrogen-bond acceptors (Lipinski definition) is 6. The number of H-pyrrole nitrogens is 1. The smallest absolute Gasteiger partial charge is 0.234 e. The Morgan fingerprint density at radius 1 is 1.31 bits per heavy atom. The Bertz CT molecular complexity index is 929. The van der Waals surface area contributed by atoms with Gasteiger partial charge in [-0.05, 0) is 43.3 Å². The van der Waals surface area contributed by atoms with Crippen LogP contribution in [0.4, 0.5) is 5.95 Å². The lowest BCUT2D eigenvalue weighted by Crippen LogP contribution is -2.42. The topological polar surface area (TPSA) is 90.0 Å². The summed E-state index contributed by atoms with van der Waals surface area (Å²) >= 11 is 0. The molecule has 0 saturated carbocycles. The molecule has 1 fully saturated rings. The molecule has 0 radical (unpaired) electrons. The number of nitrogens with zero attached hydrogens (tertiary/aromatic N) is 5. The highest BCUT2D eigenvalue weighted by Gasteiger charge is 2.26. The van der Waals surface area contributed by atoms with E-state index >= 15 is 0 Å². The molecule has 0 aromatic carbocycles. The molecule has 1 aliphatic heterocycles. The van der Waals surface area contributed by atoms with Gasteiger partial charge in [-0.25, -0.2) is 9.97 Å². The van der Waals surface area contributed by atoms with Crippen LogP contribution in [0.25, 0.3) is 11.4 Å². The highest BCUT2D eigenvalue weighted by molar-refractivity contribution is 5.78. The molecule has 0 aliphatic carbocycles. The number of anilines is 1. The predicted molar refractivity (Wildman–Crippen MR) is 111 cm³/mol. The second-order valence-electron chi connectivity index (χ2n) is 7.36. The van der Waals surface area contributed by atoms with Crippen molar-refractivity contribution in [2.75, 3.05) is 31.6 Å². The van der Waals surface area contributed by atoms with Crippen LogP contribution in [0.5, 0.6) is 0 Å². The summed E-state index contributed by atoms with van der Waals surface area (Å²) in [4.78, 5) is 32.9. The van der Waals surface area contributed by atoms with Crippen LogP contribution in [-0.4, -0.2) is 63.5 Å². The highest BCUT2D eigenvalue weighted by Crippen LogP contribution is 2.20. The zero-order chi connectivity index (χ0) is 20.1. The minimum Gasteiger partial charge on any atom is -0.360 e. The van der Waals surface area contributed by atoms with Crippen molar-refractivity contribution in [3.8, 4) is 11.4 Å².